The number of hydrogen-bond acceptors (Lipinski definition) is 3. The van der Waals surface area contributed by atoms with Crippen molar-refractivity contribution in [3.63, 3.8) is 0 Å². The predicted molar refractivity (Wildman–Crippen MR) is 80.3 cm³/mol. The third-order valence-electron chi connectivity index (χ3n) is 4.02. The van der Waals surface area contributed by atoms with Gasteiger partial charge in [0.15, 0.2) is 0 Å². The van der Waals surface area contributed by atoms with Gasteiger partial charge in [-0.1, -0.05) is 6.92 Å². The second kappa shape index (κ2) is 6.86. The van der Waals surface area contributed by atoms with Crippen LogP contribution in [-0.4, -0.2) is 34.1 Å². The maximum Gasteiger partial charge on any atom is 0.0766 e. The van der Waals surface area contributed by atoms with Crippen LogP contribution in [0.25, 0.3) is 0 Å². The molecule has 1 unspecified atom stereocenters. The largest absolute Gasteiger partial charge is 0.392 e. The first kappa shape index (κ1) is 15.0. The molecule has 2 rings (SSSR count). The van der Waals surface area contributed by atoms with E-state index < -0.39 is 0 Å². The molecule has 19 heavy (non-hydrogen) atoms. The van der Waals surface area contributed by atoms with Gasteiger partial charge in [0.1, 0.15) is 0 Å². The summed E-state index contributed by atoms with van der Waals surface area (Å²) in [4.78, 5) is 0. The van der Waals surface area contributed by atoms with Gasteiger partial charge in [0.05, 0.1) is 22.0 Å². The number of nitrogens with one attached hydrogen (secondary N) is 1. The van der Waals surface area contributed by atoms with Crippen LogP contribution in [0.2, 0.25) is 0 Å². The Morgan fingerprint density at radius 2 is 2.11 bits per heavy atom. The molecule has 0 aromatic carbocycles. The van der Waals surface area contributed by atoms with Crippen molar-refractivity contribution in [2.24, 2.45) is 5.92 Å². The molecule has 0 spiro atoms. The lowest BCUT2D eigenvalue weighted by molar-refractivity contribution is 0.0870. The van der Waals surface area contributed by atoms with Gasteiger partial charge in [-0.3, -0.25) is 4.68 Å². The van der Waals surface area contributed by atoms with Gasteiger partial charge in [-0.2, -0.15) is 5.10 Å². The summed E-state index contributed by atoms with van der Waals surface area (Å²) >= 11 is 3.65. The van der Waals surface area contributed by atoms with Crippen molar-refractivity contribution in [3.05, 3.63) is 15.9 Å². The van der Waals surface area contributed by atoms with Gasteiger partial charge in [-0.05, 0) is 61.1 Å². The number of nitrogens with zero attached hydrogens (tertiary/aromatic N) is 2. The molecule has 1 fully saturated rings. The van der Waals surface area contributed by atoms with Crippen LogP contribution in [0, 0.1) is 5.92 Å². The van der Waals surface area contributed by atoms with Crippen molar-refractivity contribution in [1.29, 1.82) is 0 Å². The van der Waals surface area contributed by atoms with Crippen LogP contribution in [-0.2, 0) is 19.4 Å². The second-order valence-electron chi connectivity index (χ2n) is 5.24. The van der Waals surface area contributed by atoms with Gasteiger partial charge in [-0.15, -0.1) is 0 Å². The molecule has 2 N–H and O–H groups in total. The maximum atomic E-state index is 10.5. The lowest BCUT2D eigenvalue weighted by Gasteiger charge is -2.27. The van der Waals surface area contributed by atoms with E-state index in [1.54, 1.807) is 0 Å². The smallest absolute Gasteiger partial charge is 0.0766 e. The van der Waals surface area contributed by atoms with Crippen molar-refractivity contribution in [1.82, 2.24) is 15.1 Å². The Bertz CT molecular complexity index is 413. The van der Waals surface area contributed by atoms with E-state index in [0.29, 0.717) is 12.3 Å². The Labute approximate surface area is 123 Å². The monoisotopic (exact) mass is 329 g/mol. The summed E-state index contributed by atoms with van der Waals surface area (Å²) in [5, 5.41) is 18.4. The molecule has 1 atom stereocenters. The minimum absolute atomic E-state index is 0.259. The summed E-state index contributed by atoms with van der Waals surface area (Å²) < 4.78 is 3.11. The minimum Gasteiger partial charge on any atom is -0.392 e. The molecule has 5 heteroatoms. The fraction of sp³-hybridized carbons (Fsp3) is 0.786. The number of halogens is 1. The van der Waals surface area contributed by atoms with Crippen LogP contribution in [0.5, 0.6) is 0 Å². The highest BCUT2D eigenvalue weighted by Crippen LogP contribution is 2.26. The third-order valence-corrected chi connectivity index (χ3v) is 4.94. The van der Waals surface area contributed by atoms with E-state index in [1.807, 2.05) is 4.68 Å². The van der Waals surface area contributed by atoms with Crippen LogP contribution in [0.1, 0.15) is 38.1 Å². The van der Waals surface area contributed by atoms with Crippen LogP contribution < -0.4 is 5.32 Å². The highest BCUT2D eigenvalue weighted by Gasteiger charge is 2.24. The van der Waals surface area contributed by atoms with Crippen LogP contribution in [0.15, 0.2) is 4.47 Å². The summed E-state index contributed by atoms with van der Waals surface area (Å²) in [6.07, 6.45) is 3.50. The van der Waals surface area contributed by atoms with E-state index in [9.17, 15) is 5.11 Å². The number of piperidine rings is 1. The topological polar surface area (TPSA) is 50.1 Å². The average molecular weight is 330 g/mol. The molecule has 108 valence electrons. The van der Waals surface area contributed by atoms with Crippen LogP contribution >= 0.6 is 15.9 Å². The molecule has 1 aromatic heterocycles. The first-order valence-electron chi connectivity index (χ1n) is 7.30. The van der Waals surface area contributed by atoms with Gasteiger partial charge in [-0.25, -0.2) is 0 Å². The zero-order chi connectivity index (χ0) is 13.8. The van der Waals surface area contributed by atoms with Crippen molar-refractivity contribution in [3.8, 4) is 0 Å². The lowest BCUT2D eigenvalue weighted by Crippen LogP contribution is -2.35. The van der Waals surface area contributed by atoms with Crippen LogP contribution in [0.4, 0.5) is 0 Å². The molecule has 0 bridgehead atoms. The van der Waals surface area contributed by atoms with Gasteiger partial charge < -0.3 is 10.4 Å². The van der Waals surface area contributed by atoms with Gasteiger partial charge in [0, 0.05) is 13.0 Å². The highest BCUT2D eigenvalue weighted by molar-refractivity contribution is 9.10. The Hall–Kier alpha value is -0.390. The summed E-state index contributed by atoms with van der Waals surface area (Å²) in [6.45, 7) is 7.11. The van der Waals surface area contributed by atoms with Crippen molar-refractivity contribution in [2.75, 3.05) is 13.1 Å². The zero-order valence-electron chi connectivity index (χ0n) is 11.8. The van der Waals surface area contributed by atoms with E-state index in [-0.39, 0.29) is 6.10 Å². The van der Waals surface area contributed by atoms with Crippen molar-refractivity contribution >= 4 is 15.9 Å². The van der Waals surface area contributed by atoms with Crippen molar-refractivity contribution in [2.45, 2.75) is 52.2 Å². The zero-order valence-corrected chi connectivity index (χ0v) is 13.4. The number of hydrogen-bond donors (Lipinski definition) is 2. The molecule has 0 radical (unpaired) electrons. The second-order valence-corrected chi connectivity index (χ2v) is 6.03. The Morgan fingerprint density at radius 1 is 1.42 bits per heavy atom. The van der Waals surface area contributed by atoms with E-state index in [0.717, 1.165) is 54.8 Å². The number of rotatable bonds is 5. The summed E-state index contributed by atoms with van der Waals surface area (Å²) in [7, 11) is 0. The molecule has 0 aliphatic carbocycles. The van der Waals surface area contributed by atoms with Crippen molar-refractivity contribution < 1.29 is 5.11 Å². The van der Waals surface area contributed by atoms with E-state index >= 15 is 0 Å². The lowest BCUT2D eigenvalue weighted by atomic mass is 9.89. The molecule has 0 amide bonds. The normalized spacial score (nSPS) is 18.7. The molecule has 1 aliphatic rings. The maximum absolute atomic E-state index is 10.5. The quantitative estimate of drug-likeness (QED) is 0.870. The average Bonchev–Trinajstić information content (AvgIpc) is 2.76. The first-order valence-corrected chi connectivity index (χ1v) is 8.09. The van der Waals surface area contributed by atoms with Crippen LogP contribution in [0.3, 0.4) is 0 Å². The SMILES string of the molecule is CCc1nn(CC)c(CC(O)C2CCNCC2)c1Br. The molecular formula is C14H24BrN3O. The standard InChI is InChI=1S/C14H24BrN3O/c1-3-11-14(15)12(18(4-2)17-11)9-13(19)10-5-7-16-8-6-10/h10,13,16,19H,3-9H2,1-2H3. The Morgan fingerprint density at radius 3 is 2.68 bits per heavy atom. The van der Waals surface area contributed by atoms with Gasteiger partial charge in [0.25, 0.3) is 0 Å². The molecule has 1 saturated heterocycles. The number of aromatic nitrogens is 2. The fourth-order valence-corrected chi connectivity index (χ4v) is 3.53. The van der Waals surface area contributed by atoms with Gasteiger partial charge >= 0.3 is 0 Å². The molecule has 4 nitrogen and oxygen atoms in total. The molecule has 0 saturated carbocycles. The number of aliphatic hydroxyl groups is 1. The predicted octanol–water partition coefficient (Wildman–Crippen LogP) is 2.13. The summed E-state index contributed by atoms with van der Waals surface area (Å²) in [5.41, 5.74) is 2.24. The first-order chi connectivity index (χ1) is 9.17. The highest BCUT2D eigenvalue weighted by atomic mass is 79.9. The summed E-state index contributed by atoms with van der Waals surface area (Å²) in [6, 6.07) is 0. The molecule has 2 heterocycles. The van der Waals surface area contributed by atoms with E-state index in [4.69, 9.17) is 0 Å². The Balaban J connectivity index is 2.10. The summed E-state index contributed by atoms with van der Waals surface area (Å²) in [5.74, 6) is 0.415. The molecule has 1 aromatic rings. The third kappa shape index (κ3) is 3.38. The number of aryl methyl sites for hydroxylation is 2. The fourth-order valence-electron chi connectivity index (χ4n) is 2.81. The van der Waals surface area contributed by atoms with Gasteiger partial charge in [0.2, 0.25) is 0 Å². The minimum atomic E-state index is -0.259. The molecular weight excluding hydrogens is 306 g/mol. The molecule has 1 aliphatic heterocycles. The van der Waals surface area contributed by atoms with E-state index in [2.05, 4.69) is 40.2 Å². The van der Waals surface area contributed by atoms with E-state index in [1.165, 1.54) is 0 Å². The Kier molecular flexibility index (Phi) is 5.42. The number of aliphatic hydroxyl groups excluding tert-OH is 1.